The lowest BCUT2D eigenvalue weighted by atomic mass is 9.85. The SMILES string of the molecule is COc1cc(C(=O)O[C@@H]2[C@@H]3C=CO[C@H](O[C@@H]4O[C@H](CO)[C@@H](O)[C@H](O)[C@H]4O)[C@H]3[C@@]3(CO)O[C@H]23)ccc1O. The number of aromatic hydroxyl groups is 1. The van der Waals surface area contributed by atoms with Gasteiger partial charge < -0.3 is 59.1 Å². The van der Waals surface area contributed by atoms with Crippen LogP contribution in [-0.2, 0) is 23.7 Å². The average molecular weight is 512 g/mol. The molecule has 13 heteroatoms. The topological polar surface area (TPSA) is 197 Å². The number of rotatable bonds is 7. The van der Waals surface area contributed by atoms with Crippen molar-refractivity contribution < 1.29 is 63.9 Å². The fourth-order valence-electron chi connectivity index (χ4n) is 5.28. The molecule has 3 aliphatic heterocycles. The van der Waals surface area contributed by atoms with Crippen LogP contribution in [0, 0.1) is 11.8 Å². The lowest BCUT2D eigenvalue weighted by molar-refractivity contribution is -0.344. The van der Waals surface area contributed by atoms with E-state index in [-0.39, 0.29) is 17.1 Å². The second-order valence-electron chi connectivity index (χ2n) is 9.18. The smallest absolute Gasteiger partial charge is 0.338 e. The van der Waals surface area contributed by atoms with E-state index < -0.39 is 85.8 Å². The molecular weight excluding hydrogens is 484 g/mol. The molecule has 4 aliphatic rings. The number of aliphatic hydroxyl groups excluding tert-OH is 5. The predicted octanol–water partition coefficient (Wildman–Crippen LogP) is -2.01. The fourth-order valence-corrected chi connectivity index (χ4v) is 5.28. The Balaban J connectivity index is 1.35. The van der Waals surface area contributed by atoms with Crippen LogP contribution in [-0.4, -0.2) is 112 Å². The van der Waals surface area contributed by atoms with E-state index in [1.807, 2.05) is 0 Å². The second-order valence-corrected chi connectivity index (χ2v) is 9.18. The number of hydrogen-bond acceptors (Lipinski definition) is 13. The Kier molecular flexibility index (Phi) is 6.59. The minimum absolute atomic E-state index is 0.0973. The maximum Gasteiger partial charge on any atom is 0.338 e. The molecule has 3 fully saturated rings. The zero-order chi connectivity index (χ0) is 25.8. The van der Waals surface area contributed by atoms with Crippen molar-refractivity contribution in [1.82, 2.24) is 0 Å². The van der Waals surface area contributed by atoms with Crippen LogP contribution in [0.2, 0.25) is 0 Å². The van der Waals surface area contributed by atoms with Crippen LogP contribution < -0.4 is 4.74 Å². The monoisotopic (exact) mass is 512 g/mol. The first-order valence-corrected chi connectivity index (χ1v) is 11.4. The van der Waals surface area contributed by atoms with Gasteiger partial charge in [0.1, 0.15) is 42.2 Å². The number of hydrogen-bond donors (Lipinski definition) is 6. The minimum atomic E-state index is -1.66. The highest BCUT2D eigenvalue weighted by molar-refractivity contribution is 5.90. The highest BCUT2D eigenvalue weighted by Crippen LogP contribution is 2.60. The molecule has 1 saturated carbocycles. The molecule has 0 unspecified atom stereocenters. The molecule has 36 heavy (non-hydrogen) atoms. The van der Waals surface area contributed by atoms with Gasteiger partial charge in [-0.3, -0.25) is 0 Å². The van der Waals surface area contributed by atoms with E-state index in [9.17, 15) is 35.4 Å². The zero-order valence-electron chi connectivity index (χ0n) is 19.1. The Bertz CT molecular complexity index is 1010. The molecule has 1 aromatic rings. The van der Waals surface area contributed by atoms with E-state index in [1.165, 1.54) is 31.6 Å². The van der Waals surface area contributed by atoms with Crippen LogP contribution in [0.25, 0.3) is 0 Å². The Morgan fingerprint density at radius 2 is 1.89 bits per heavy atom. The van der Waals surface area contributed by atoms with Gasteiger partial charge in [0.05, 0.1) is 38.1 Å². The number of carbonyl (C=O) groups is 1. The number of fused-ring (bicyclic) bond motifs is 3. The van der Waals surface area contributed by atoms with Crippen molar-refractivity contribution in [2.75, 3.05) is 20.3 Å². The van der Waals surface area contributed by atoms with Crippen LogP contribution in [0.15, 0.2) is 30.5 Å². The van der Waals surface area contributed by atoms with Crippen LogP contribution in [0.5, 0.6) is 11.5 Å². The first-order valence-electron chi connectivity index (χ1n) is 11.4. The predicted molar refractivity (Wildman–Crippen MR) is 114 cm³/mol. The Hall–Kier alpha value is -2.49. The molecule has 0 amide bonds. The highest BCUT2D eigenvalue weighted by Gasteiger charge is 2.77. The molecular formula is C23H28O13. The molecule has 0 bridgehead atoms. The van der Waals surface area contributed by atoms with Gasteiger partial charge in [-0.1, -0.05) is 0 Å². The third kappa shape index (κ3) is 3.92. The zero-order valence-corrected chi connectivity index (χ0v) is 19.1. The van der Waals surface area contributed by atoms with Gasteiger partial charge in [-0.25, -0.2) is 4.79 Å². The third-order valence-corrected chi connectivity index (χ3v) is 7.26. The number of benzene rings is 1. The number of esters is 1. The summed E-state index contributed by atoms with van der Waals surface area (Å²) in [5.41, 5.74) is -1.03. The lowest BCUT2D eigenvalue weighted by Crippen LogP contribution is -2.60. The average Bonchev–Trinajstić information content (AvgIpc) is 3.56. The van der Waals surface area contributed by atoms with E-state index in [0.717, 1.165) is 0 Å². The van der Waals surface area contributed by atoms with E-state index in [1.54, 1.807) is 6.08 Å². The van der Waals surface area contributed by atoms with Crippen LogP contribution in [0.4, 0.5) is 0 Å². The minimum Gasteiger partial charge on any atom is -0.504 e. The van der Waals surface area contributed by atoms with Gasteiger partial charge in [0.15, 0.2) is 17.8 Å². The lowest BCUT2D eigenvalue weighted by Gasteiger charge is -2.43. The summed E-state index contributed by atoms with van der Waals surface area (Å²) in [6.07, 6.45) is -7.19. The maximum absolute atomic E-state index is 12.9. The molecule has 3 heterocycles. The number of epoxide rings is 1. The van der Waals surface area contributed by atoms with E-state index in [0.29, 0.717) is 0 Å². The van der Waals surface area contributed by atoms with Crippen LogP contribution >= 0.6 is 0 Å². The van der Waals surface area contributed by atoms with Crippen LogP contribution in [0.3, 0.4) is 0 Å². The Labute approximate surface area is 205 Å². The van der Waals surface area contributed by atoms with Crippen molar-refractivity contribution in [3.05, 3.63) is 36.1 Å². The summed E-state index contributed by atoms with van der Waals surface area (Å²) in [6.45, 7) is -1.07. The molecule has 5 rings (SSSR count). The number of ether oxygens (including phenoxy) is 6. The summed E-state index contributed by atoms with van der Waals surface area (Å²) >= 11 is 0. The van der Waals surface area contributed by atoms with Gasteiger partial charge in [0.2, 0.25) is 6.29 Å². The molecule has 198 valence electrons. The molecule has 0 aromatic heterocycles. The molecule has 1 aromatic carbocycles. The number of phenolic OH excluding ortho intramolecular Hbond substituents is 1. The highest BCUT2D eigenvalue weighted by atomic mass is 16.8. The summed E-state index contributed by atoms with van der Waals surface area (Å²) in [5, 5.41) is 59.8. The van der Waals surface area contributed by atoms with E-state index in [4.69, 9.17) is 28.4 Å². The largest absolute Gasteiger partial charge is 0.504 e. The van der Waals surface area contributed by atoms with Gasteiger partial charge in [-0.2, -0.15) is 0 Å². The summed E-state index contributed by atoms with van der Waals surface area (Å²) in [6, 6.07) is 4.02. The van der Waals surface area contributed by atoms with Gasteiger partial charge in [0.25, 0.3) is 0 Å². The van der Waals surface area contributed by atoms with Gasteiger partial charge in [-0.05, 0) is 24.3 Å². The maximum atomic E-state index is 12.9. The van der Waals surface area contributed by atoms with Crippen molar-refractivity contribution >= 4 is 5.97 Å². The first-order chi connectivity index (χ1) is 17.2. The second kappa shape index (κ2) is 9.43. The Morgan fingerprint density at radius 1 is 1.11 bits per heavy atom. The summed E-state index contributed by atoms with van der Waals surface area (Å²) in [5.74, 6) is -1.95. The van der Waals surface area contributed by atoms with E-state index >= 15 is 0 Å². The molecule has 11 atom stereocenters. The summed E-state index contributed by atoms with van der Waals surface area (Å²) < 4.78 is 33.4. The van der Waals surface area contributed by atoms with Crippen molar-refractivity contribution in [2.45, 2.75) is 54.8 Å². The normalized spacial score (nSPS) is 42.7. The molecule has 6 N–H and O–H groups in total. The fraction of sp³-hybridized carbons (Fsp3) is 0.609. The van der Waals surface area contributed by atoms with E-state index in [2.05, 4.69) is 0 Å². The number of phenols is 1. The summed E-state index contributed by atoms with van der Waals surface area (Å²) in [4.78, 5) is 12.9. The summed E-state index contributed by atoms with van der Waals surface area (Å²) in [7, 11) is 1.35. The van der Waals surface area contributed by atoms with Gasteiger partial charge in [0, 0.05) is 5.92 Å². The molecule has 1 aliphatic carbocycles. The third-order valence-electron chi connectivity index (χ3n) is 7.26. The molecule has 2 saturated heterocycles. The molecule has 0 radical (unpaired) electrons. The van der Waals surface area contributed by atoms with Crippen molar-refractivity contribution in [3.63, 3.8) is 0 Å². The Morgan fingerprint density at radius 3 is 2.58 bits per heavy atom. The molecule has 0 spiro atoms. The molecule has 13 nitrogen and oxygen atoms in total. The van der Waals surface area contributed by atoms with Crippen molar-refractivity contribution in [1.29, 1.82) is 0 Å². The van der Waals surface area contributed by atoms with Gasteiger partial charge in [-0.15, -0.1) is 0 Å². The quantitative estimate of drug-likeness (QED) is 0.173. The number of methoxy groups -OCH3 is 1. The first kappa shape index (κ1) is 25.2. The number of carbonyl (C=O) groups excluding carboxylic acids is 1. The van der Waals surface area contributed by atoms with Crippen molar-refractivity contribution in [2.24, 2.45) is 11.8 Å². The van der Waals surface area contributed by atoms with Crippen molar-refractivity contribution in [3.8, 4) is 11.5 Å². The standard InChI is InChI=1S/C23H28O13/c1-31-12-6-9(2-3-11(12)26)20(30)34-18-10-4-5-32-21(14(10)23(8-25)19(18)36-23)35-22-17(29)16(28)15(27)13(7-24)33-22/h2-6,10,13-19,21-22,24-29H,7-8H2,1H3/t10-,13-,14+,15-,16+,17-,18-,19-,21-,22+,23-/m1/s1. The van der Waals surface area contributed by atoms with Gasteiger partial charge >= 0.3 is 5.97 Å². The van der Waals surface area contributed by atoms with Crippen LogP contribution in [0.1, 0.15) is 10.4 Å². The number of aliphatic hydroxyl groups is 5.